The Kier molecular flexibility index (Phi) is 11.1. The van der Waals surface area contributed by atoms with Crippen molar-refractivity contribution in [2.24, 2.45) is 17.8 Å². The molecule has 0 saturated heterocycles. The molecule has 0 aromatic carbocycles. The third kappa shape index (κ3) is 8.16. The van der Waals surface area contributed by atoms with E-state index in [2.05, 4.69) is 43.7 Å². The summed E-state index contributed by atoms with van der Waals surface area (Å²) in [5.74, 6) is 2.47. The van der Waals surface area contributed by atoms with Crippen molar-refractivity contribution in [1.82, 2.24) is 15.3 Å². The highest BCUT2D eigenvalue weighted by Gasteiger charge is 2.23. The molecule has 1 aliphatic rings. The summed E-state index contributed by atoms with van der Waals surface area (Å²) in [6.45, 7) is 12.1. The van der Waals surface area contributed by atoms with E-state index in [0.717, 1.165) is 49.9 Å². The molecule has 1 fully saturated rings. The summed E-state index contributed by atoms with van der Waals surface area (Å²) in [5, 5.41) is 12.1. The van der Waals surface area contributed by atoms with Crippen LogP contribution in [0, 0.1) is 23.2 Å². The normalized spacial score (nSPS) is 19.1. The number of allylic oxidation sites excluding steroid dienone is 3. The van der Waals surface area contributed by atoms with Crippen LogP contribution in [0.1, 0.15) is 90.1 Å². The van der Waals surface area contributed by atoms with Gasteiger partial charge in [-0.15, -0.1) is 0 Å². The van der Waals surface area contributed by atoms with Crippen molar-refractivity contribution in [1.29, 1.82) is 5.41 Å². The van der Waals surface area contributed by atoms with E-state index in [-0.39, 0.29) is 0 Å². The summed E-state index contributed by atoms with van der Waals surface area (Å²) in [5.41, 5.74) is 9.90. The van der Waals surface area contributed by atoms with E-state index in [0.29, 0.717) is 35.1 Å². The van der Waals surface area contributed by atoms with Crippen molar-refractivity contribution in [3.05, 3.63) is 41.4 Å². The number of nitrogens with zero attached hydrogens (tertiary/aromatic N) is 2. The predicted molar refractivity (Wildman–Crippen MR) is 137 cm³/mol. The second kappa shape index (κ2) is 13.5. The monoisotopic (exact) mass is 439 g/mol. The van der Waals surface area contributed by atoms with Gasteiger partial charge in [-0.25, -0.2) is 9.97 Å². The minimum Gasteiger partial charge on any atom is -0.384 e. The standard InChI is InChI=1S/C27H45N5/c1-6-10-22(17-21(4)24-13-8-7-12-20(24)3)26(29)27-31-23(18-25(28)32-27)15-14-19(2)11-9-16-30-5/h17-19,21,24,29-30H,3,6-16H2,1-2,4-5H3,(H2,28,31,32)/b22-17+,29-26?/t19?,21-,24?/m0/s1. The predicted octanol–water partition coefficient (Wildman–Crippen LogP) is 6.10. The van der Waals surface area contributed by atoms with Crippen LogP contribution in [0.15, 0.2) is 29.9 Å². The van der Waals surface area contributed by atoms with E-state index in [1.807, 2.05) is 13.1 Å². The number of nitrogens with one attached hydrogen (secondary N) is 2. The van der Waals surface area contributed by atoms with Crippen molar-refractivity contribution < 1.29 is 0 Å². The first kappa shape index (κ1) is 26.2. The average molecular weight is 440 g/mol. The lowest BCUT2D eigenvalue weighted by molar-refractivity contribution is 0.383. The van der Waals surface area contributed by atoms with Gasteiger partial charge in [-0.3, -0.25) is 5.41 Å². The molecule has 0 amide bonds. The fourth-order valence-corrected chi connectivity index (χ4v) is 4.80. The van der Waals surface area contributed by atoms with Crippen LogP contribution in [0.5, 0.6) is 0 Å². The van der Waals surface area contributed by atoms with E-state index >= 15 is 0 Å². The van der Waals surface area contributed by atoms with Gasteiger partial charge in [0.2, 0.25) is 0 Å². The molecule has 1 aromatic rings. The SMILES string of the molecule is C=C1CCCCC1[C@@H](C)/C=C(\CCC)C(=N)c1nc(N)cc(CCC(C)CCCNC)n1. The third-order valence-electron chi connectivity index (χ3n) is 6.77. The first-order valence-electron chi connectivity index (χ1n) is 12.6. The fourth-order valence-electron chi connectivity index (χ4n) is 4.80. The molecule has 32 heavy (non-hydrogen) atoms. The van der Waals surface area contributed by atoms with E-state index in [4.69, 9.17) is 16.1 Å². The van der Waals surface area contributed by atoms with Gasteiger partial charge in [-0.1, -0.05) is 51.8 Å². The Morgan fingerprint density at radius 2 is 2.09 bits per heavy atom. The second-order valence-electron chi connectivity index (χ2n) is 9.68. The average Bonchev–Trinajstić information content (AvgIpc) is 2.77. The maximum Gasteiger partial charge on any atom is 0.179 e. The molecule has 1 aliphatic carbocycles. The Balaban J connectivity index is 2.13. The molecular formula is C27H45N5. The van der Waals surface area contributed by atoms with Crippen LogP contribution in [0.25, 0.3) is 0 Å². The van der Waals surface area contributed by atoms with E-state index in [9.17, 15) is 0 Å². The highest BCUT2D eigenvalue weighted by molar-refractivity contribution is 6.08. The van der Waals surface area contributed by atoms with Gasteiger partial charge < -0.3 is 11.1 Å². The lowest BCUT2D eigenvalue weighted by Gasteiger charge is -2.29. The van der Waals surface area contributed by atoms with Crippen molar-refractivity contribution in [3.8, 4) is 0 Å². The zero-order valence-corrected chi connectivity index (χ0v) is 20.8. The highest BCUT2D eigenvalue weighted by Crippen LogP contribution is 2.35. The van der Waals surface area contributed by atoms with Gasteiger partial charge in [-0.05, 0) is 88.3 Å². The molecule has 2 rings (SSSR count). The molecule has 1 saturated carbocycles. The van der Waals surface area contributed by atoms with Crippen LogP contribution < -0.4 is 11.1 Å². The number of nitrogens with two attached hydrogens (primary N) is 1. The Labute approximate surface area is 195 Å². The number of hydrogen-bond donors (Lipinski definition) is 3. The number of anilines is 1. The summed E-state index contributed by atoms with van der Waals surface area (Å²) in [6, 6.07) is 1.87. The first-order valence-corrected chi connectivity index (χ1v) is 12.6. The minimum absolute atomic E-state index is 0.378. The molecule has 2 unspecified atom stereocenters. The maximum atomic E-state index is 8.89. The molecule has 5 heteroatoms. The van der Waals surface area contributed by atoms with Crippen LogP contribution in [0.2, 0.25) is 0 Å². The molecule has 1 heterocycles. The number of hydrogen-bond acceptors (Lipinski definition) is 5. The Morgan fingerprint density at radius 3 is 2.78 bits per heavy atom. The lowest BCUT2D eigenvalue weighted by Crippen LogP contribution is -2.18. The van der Waals surface area contributed by atoms with E-state index in [1.165, 1.54) is 37.7 Å². The number of aromatic nitrogens is 2. The third-order valence-corrected chi connectivity index (χ3v) is 6.77. The lowest BCUT2D eigenvalue weighted by atomic mass is 9.77. The van der Waals surface area contributed by atoms with Crippen molar-refractivity contribution in [2.75, 3.05) is 19.3 Å². The smallest absolute Gasteiger partial charge is 0.179 e. The summed E-state index contributed by atoms with van der Waals surface area (Å²) in [4.78, 5) is 9.19. The number of nitrogen functional groups attached to an aromatic ring is 1. The van der Waals surface area contributed by atoms with E-state index < -0.39 is 0 Å². The first-order chi connectivity index (χ1) is 15.3. The minimum atomic E-state index is 0.378. The molecule has 3 atom stereocenters. The second-order valence-corrected chi connectivity index (χ2v) is 9.68. The van der Waals surface area contributed by atoms with Gasteiger partial charge in [0, 0.05) is 11.8 Å². The molecule has 0 spiro atoms. The molecule has 1 aromatic heterocycles. The summed E-state index contributed by atoms with van der Waals surface area (Å²) in [6.07, 6.45) is 13.4. The number of aryl methyl sites for hydroxylation is 1. The van der Waals surface area contributed by atoms with Crippen molar-refractivity contribution >= 4 is 11.5 Å². The summed E-state index contributed by atoms with van der Waals surface area (Å²) in [7, 11) is 2.00. The van der Waals surface area contributed by atoms with Gasteiger partial charge >= 0.3 is 0 Å². The van der Waals surface area contributed by atoms with E-state index in [1.54, 1.807) is 0 Å². The molecule has 0 radical (unpaired) electrons. The molecule has 0 bridgehead atoms. The largest absolute Gasteiger partial charge is 0.384 e. The Hall–Kier alpha value is -2.01. The van der Waals surface area contributed by atoms with Crippen LogP contribution in [-0.2, 0) is 6.42 Å². The molecule has 178 valence electrons. The Bertz CT molecular complexity index is 782. The quantitative estimate of drug-likeness (QED) is 0.197. The number of rotatable bonds is 13. The fraction of sp³-hybridized carbons (Fsp3) is 0.667. The molecule has 5 nitrogen and oxygen atoms in total. The Morgan fingerprint density at radius 1 is 1.31 bits per heavy atom. The van der Waals surface area contributed by atoms with Crippen molar-refractivity contribution in [2.45, 2.75) is 85.0 Å². The van der Waals surface area contributed by atoms with Gasteiger partial charge in [0.15, 0.2) is 5.82 Å². The van der Waals surface area contributed by atoms with Gasteiger partial charge in [0.1, 0.15) is 11.5 Å². The highest BCUT2D eigenvalue weighted by atomic mass is 15.0. The molecular weight excluding hydrogens is 394 g/mol. The maximum absolute atomic E-state index is 8.89. The van der Waals surface area contributed by atoms with Crippen molar-refractivity contribution in [3.63, 3.8) is 0 Å². The zero-order chi connectivity index (χ0) is 23.5. The van der Waals surface area contributed by atoms with Gasteiger partial charge in [0.05, 0.1) is 0 Å². The van der Waals surface area contributed by atoms with Gasteiger partial charge in [0.25, 0.3) is 0 Å². The summed E-state index contributed by atoms with van der Waals surface area (Å²) >= 11 is 0. The molecule has 0 aliphatic heterocycles. The molecule has 4 N–H and O–H groups in total. The zero-order valence-electron chi connectivity index (χ0n) is 20.8. The summed E-state index contributed by atoms with van der Waals surface area (Å²) < 4.78 is 0. The van der Waals surface area contributed by atoms with Gasteiger partial charge in [-0.2, -0.15) is 0 Å². The van der Waals surface area contributed by atoms with Crippen LogP contribution in [0.3, 0.4) is 0 Å². The van der Waals surface area contributed by atoms with Crippen LogP contribution in [-0.4, -0.2) is 29.3 Å². The van der Waals surface area contributed by atoms with Crippen LogP contribution >= 0.6 is 0 Å². The topological polar surface area (TPSA) is 87.7 Å². The van der Waals surface area contributed by atoms with Crippen LogP contribution in [0.4, 0.5) is 5.82 Å².